The fraction of sp³-hybridized carbons (Fsp3) is 0.282. The number of benzene rings is 2. The molecule has 0 saturated heterocycles. The lowest BCUT2D eigenvalue weighted by Gasteiger charge is -2.16. The Bertz CT molecular complexity index is 2890. The Balaban J connectivity index is 0.000000238. The number of aryl methyl sites for hydroxylation is 5. The molecule has 0 radical (unpaired) electrons. The van der Waals surface area contributed by atoms with Gasteiger partial charge in [-0.05, 0) is 57.9 Å². The van der Waals surface area contributed by atoms with Crippen LogP contribution in [0.5, 0.6) is 0 Å². The zero-order chi connectivity index (χ0) is 46.4. The molecule has 6 rings (SSSR count). The van der Waals surface area contributed by atoms with Crippen molar-refractivity contribution in [1.82, 2.24) is 40.0 Å². The molecule has 6 aromatic rings. The number of rotatable bonds is 12. The summed E-state index contributed by atoms with van der Waals surface area (Å²) in [4.78, 5) is 33.2. The number of pyridine rings is 2. The molecule has 4 aromatic heterocycles. The molecule has 20 nitrogen and oxygen atoms in total. The minimum atomic E-state index is -3.59. The predicted molar refractivity (Wildman–Crippen MR) is 229 cm³/mol. The highest BCUT2D eigenvalue weighted by molar-refractivity contribution is 7.92. The first-order valence-corrected chi connectivity index (χ1v) is 22.4. The highest BCUT2D eigenvalue weighted by Crippen LogP contribution is 2.30. The van der Waals surface area contributed by atoms with Crippen molar-refractivity contribution in [2.24, 2.45) is 14.1 Å². The Kier molecular flexibility index (Phi) is 14.4. The highest BCUT2D eigenvalue weighted by Gasteiger charge is 2.24. The van der Waals surface area contributed by atoms with E-state index in [-0.39, 0.29) is 40.0 Å². The van der Waals surface area contributed by atoms with Crippen molar-refractivity contribution in [3.63, 3.8) is 0 Å². The summed E-state index contributed by atoms with van der Waals surface area (Å²) in [7, 11) is -3.97. The van der Waals surface area contributed by atoms with Crippen molar-refractivity contribution in [2.45, 2.75) is 46.8 Å². The molecule has 0 fully saturated rings. The van der Waals surface area contributed by atoms with Crippen LogP contribution in [-0.2, 0) is 43.6 Å². The Hall–Kier alpha value is -7.08. The molecule has 0 aliphatic rings. The number of halogens is 2. The van der Waals surface area contributed by atoms with Crippen LogP contribution in [0.2, 0.25) is 0 Å². The van der Waals surface area contributed by atoms with Crippen LogP contribution in [0.4, 0.5) is 41.4 Å². The molecule has 2 atom stereocenters. The zero-order valence-corrected chi connectivity index (χ0v) is 37.1. The van der Waals surface area contributed by atoms with E-state index in [1.165, 1.54) is 22.5 Å². The number of hydrogen-bond donors (Lipinski definition) is 4. The second kappa shape index (κ2) is 19.3. The van der Waals surface area contributed by atoms with Gasteiger partial charge in [-0.25, -0.2) is 54.5 Å². The van der Waals surface area contributed by atoms with E-state index in [0.717, 1.165) is 35.9 Å². The van der Waals surface area contributed by atoms with E-state index in [0.29, 0.717) is 22.6 Å². The first kappa shape index (κ1) is 47.0. The normalized spacial score (nSPS) is 12.3. The van der Waals surface area contributed by atoms with E-state index in [4.69, 9.17) is 9.47 Å². The minimum Gasteiger partial charge on any atom is -0.441 e. The van der Waals surface area contributed by atoms with Gasteiger partial charge in [-0.2, -0.15) is 0 Å². The molecule has 0 spiro atoms. The molecule has 0 aliphatic heterocycles. The number of ether oxygens (including phenoxy) is 2. The van der Waals surface area contributed by atoms with Gasteiger partial charge >= 0.3 is 12.2 Å². The van der Waals surface area contributed by atoms with Crippen molar-refractivity contribution in [1.29, 1.82) is 0 Å². The number of aromatic nitrogens is 8. The Morgan fingerprint density at radius 3 is 1.90 bits per heavy atom. The van der Waals surface area contributed by atoms with Crippen LogP contribution in [-0.4, -0.2) is 81.5 Å². The van der Waals surface area contributed by atoms with Crippen LogP contribution < -0.4 is 20.1 Å². The standard InChI is InChI=1S/C20H23FN6O4S.C19H21FN6O4S/c1-11-7-6-8-14(17(11)21)13(3)31-20(28)23-19-18(24-26-27(19)4)16-10-9-15(12(2)22-16)25-32(5,29)30;1-11-6-5-7-13(8-11)12(2)30-19(27)22-18-17(23-25-26(18)3)16-15(20)9-14(10-21-16)24-31(4,28)29/h6-10,13,25H,1-5H3,(H,23,28);5-10,12,24H,1-4H3,(H,22,27)/t13-;12-/m11/s1. The Morgan fingerprint density at radius 2 is 1.32 bits per heavy atom. The molecular formula is C39H44F2N12O8S2. The summed E-state index contributed by atoms with van der Waals surface area (Å²) in [5.41, 5.74) is 3.62. The van der Waals surface area contributed by atoms with Gasteiger partial charge in [-0.3, -0.25) is 20.1 Å². The summed E-state index contributed by atoms with van der Waals surface area (Å²) >= 11 is 0. The number of carbonyl (C=O) groups is 2. The molecular weight excluding hydrogens is 867 g/mol. The molecule has 0 aliphatic carbocycles. The quantitative estimate of drug-likeness (QED) is 0.105. The van der Waals surface area contributed by atoms with Crippen molar-refractivity contribution in [3.05, 3.63) is 106 Å². The van der Waals surface area contributed by atoms with Gasteiger partial charge < -0.3 is 9.47 Å². The molecule has 0 unspecified atom stereocenters. The van der Waals surface area contributed by atoms with Gasteiger partial charge in [0.2, 0.25) is 20.0 Å². The number of hydrogen-bond acceptors (Lipinski definition) is 14. The van der Waals surface area contributed by atoms with Gasteiger partial charge in [-0.15, -0.1) is 10.2 Å². The lowest BCUT2D eigenvalue weighted by atomic mass is 10.1. The molecule has 2 amide bonds. The zero-order valence-electron chi connectivity index (χ0n) is 35.4. The smallest absolute Gasteiger partial charge is 0.413 e. The molecule has 0 saturated carbocycles. The summed E-state index contributed by atoms with van der Waals surface area (Å²) in [5.74, 6) is -1.00. The predicted octanol–water partition coefficient (Wildman–Crippen LogP) is 6.32. The van der Waals surface area contributed by atoms with E-state index >= 15 is 0 Å². The fourth-order valence-corrected chi connectivity index (χ4v) is 6.98. The minimum absolute atomic E-state index is 0.0361. The van der Waals surface area contributed by atoms with Gasteiger partial charge in [-0.1, -0.05) is 58.5 Å². The van der Waals surface area contributed by atoms with Gasteiger partial charge in [0.15, 0.2) is 28.8 Å². The van der Waals surface area contributed by atoms with Crippen LogP contribution in [0, 0.1) is 32.4 Å². The first-order chi connectivity index (χ1) is 29.5. The lowest BCUT2D eigenvalue weighted by Crippen LogP contribution is -2.19. The summed E-state index contributed by atoms with van der Waals surface area (Å²) in [6.07, 6.45) is 0.152. The Morgan fingerprint density at radius 1 is 0.730 bits per heavy atom. The third-order valence-corrected chi connectivity index (χ3v) is 10.0. The number of sulfonamides is 2. The van der Waals surface area contributed by atoms with E-state index in [1.54, 1.807) is 59.0 Å². The van der Waals surface area contributed by atoms with Gasteiger partial charge in [0, 0.05) is 25.7 Å². The second-order valence-electron chi connectivity index (χ2n) is 14.2. The van der Waals surface area contributed by atoms with Crippen LogP contribution in [0.1, 0.15) is 54.0 Å². The number of amides is 2. The van der Waals surface area contributed by atoms with Gasteiger partial charge in [0.25, 0.3) is 0 Å². The molecule has 4 heterocycles. The summed E-state index contributed by atoms with van der Waals surface area (Å²) in [5, 5.41) is 20.7. The number of anilines is 4. The molecule has 0 bridgehead atoms. The van der Waals surface area contributed by atoms with E-state index in [9.17, 15) is 35.2 Å². The van der Waals surface area contributed by atoms with Crippen LogP contribution in [0.25, 0.3) is 22.8 Å². The van der Waals surface area contributed by atoms with Gasteiger partial charge in [0.05, 0.1) is 41.5 Å². The molecule has 2 aromatic carbocycles. The third kappa shape index (κ3) is 12.5. The second-order valence-corrected chi connectivity index (χ2v) is 17.7. The summed E-state index contributed by atoms with van der Waals surface area (Å²) in [6, 6.07) is 16.5. The van der Waals surface area contributed by atoms with E-state index in [1.807, 2.05) is 31.2 Å². The third-order valence-electron chi connectivity index (χ3n) is 8.83. The summed E-state index contributed by atoms with van der Waals surface area (Å²) < 4.78 is 92.3. The van der Waals surface area contributed by atoms with E-state index in [2.05, 4.69) is 50.7 Å². The summed E-state index contributed by atoms with van der Waals surface area (Å²) in [6.45, 7) is 8.49. The van der Waals surface area contributed by atoms with Crippen LogP contribution in [0.15, 0.2) is 66.9 Å². The SMILES string of the molecule is Cc1cccc([C@@H](C)OC(=O)Nc2c(-c3ccc(NS(C)(=O)=O)c(C)n3)nnn2C)c1F.Cc1cccc([C@@H](C)OC(=O)Nc2c(-c3ncc(NS(C)(=O)=O)cc3F)nnn2C)c1. The molecule has 24 heteroatoms. The van der Waals surface area contributed by atoms with Crippen molar-refractivity contribution < 1.29 is 44.7 Å². The lowest BCUT2D eigenvalue weighted by molar-refractivity contribution is 0.118. The van der Waals surface area contributed by atoms with Crippen molar-refractivity contribution in [3.8, 4) is 22.8 Å². The fourth-order valence-electron chi connectivity index (χ4n) is 5.82. The average Bonchev–Trinajstić information content (AvgIpc) is 3.72. The molecule has 334 valence electrons. The molecule has 4 N–H and O–H groups in total. The maximum atomic E-state index is 14.6. The highest BCUT2D eigenvalue weighted by atomic mass is 32.2. The van der Waals surface area contributed by atoms with Crippen molar-refractivity contribution >= 4 is 55.2 Å². The Labute approximate surface area is 361 Å². The number of nitrogens with zero attached hydrogens (tertiary/aromatic N) is 8. The van der Waals surface area contributed by atoms with Gasteiger partial charge in [0.1, 0.15) is 23.7 Å². The maximum absolute atomic E-state index is 14.6. The van der Waals surface area contributed by atoms with Crippen LogP contribution in [0.3, 0.4) is 0 Å². The topological polar surface area (TPSA) is 256 Å². The monoisotopic (exact) mass is 910 g/mol. The largest absolute Gasteiger partial charge is 0.441 e. The number of nitrogens with one attached hydrogen (secondary N) is 4. The van der Waals surface area contributed by atoms with E-state index < -0.39 is 56.1 Å². The maximum Gasteiger partial charge on any atom is 0.413 e. The van der Waals surface area contributed by atoms with Crippen LogP contribution >= 0.6 is 0 Å². The average molecular weight is 911 g/mol. The number of carbonyl (C=O) groups excluding carboxylic acids is 2. The first-order valence-electron chi connectivity index (χ1n) is 18.6. The molecule has 63 heavy (non-hydrogen) atoms. The van der Waals surface area contributed by atoms with Crippen molar-refractivity contribution in [2.75, 3.05) is 32.6 Å².